The van der Waals surface area contributed by atoms with Gasteiger partial charge in [0.25, 0.3) is 5.91 Å². The molecule has 4 rings (SSSR count). The molecule has 146 valence electrons. The third-order valence-electron chi connectivity index (χ3n) is 4.97. The van der Waals surface area contributed by atoms with E-state index in [1.807, 2.05) is 18.2 Å². The maximum atomic E-state index is 11.7. The lowest BCUT2D eigenvalue weighted by atomic mass is 10.1. The van der Waals surface area contributed by atoms with Crippen molar-refractivity contribution in [3.05, 3.63) is 42.2 Å². The molecule has 1 fully saturated rings. The van der Waals surface area contributed by atoms with Gasteiger partial charge in [-0.25, -0.2) is 4.98 Å². The number of carbonyl (C=O) groups is 1. The highest BCUT2D eigenvalue weighted by atomic mass is 32.1. The summed E-state index contributed by atoms with van der Waals surface area (Å²) in [6.07, 6.45) is 9.29. The zero-order valence-corrected chi connectivity index (χ0v) is 16.7. The Bertz CT molecular complexity index is 964. The van der Waals surface area contributed by atoms with Gasteiger partial charge in [0.15, 0.2) is 5.13 Å². The number of thiazole rings is 1. The maximum absolute atomic E-state index is 11.7. The zero-order chi connectivity index (χ0) is 19.3. The molecule has 2 heterocycles. The fraction of sp³-hybridized carbons (Fsp3) is 0.381. The third kappa shape index (κ3) is 4.42. The van der Waals surface area contributed by atoms with Gasteiger partial charge in [-0.1, -0.05) is 37.0 Å². The molecule has 6 nitrogen and oxygen atoms in total. The number of pyridine rings is 1. The predicted octanol–water partition coefficient (Wildman–Crippen LogP) is 4.98. The molecule has 0 radical (unpaired) electrons. The molecule has 7 heteroatoms. The quantitative estimate of drug-likeness (QED) is 0.595. The summed E-state index contributed by atoms with van der Waals surface area (Å²) in [5.74, 6) is 1.05. The minimum Gasteiger partial charge on any atom is -0.457 e. The molecule has 1 amide bonds. The Morgan fingerprint density at radius 2 is 1.89 bits per heavy atom. The number of hydrogen-bond acceptors (Lipinski definition) is 6. The summed E-state index contributed by atoms with van der Waals surface area (Å²) in [7, 11) is 1.58. The second-order valence-corrected chi connectivity index (χ2v) is 8.07. The molecule has 0 unspecified atom stereocenters. The number of fused-ring (bicyclic) bond motifs is 1. The summed E-state index contributed by atoms with van der Waals surface area (Å²) in [5, 5.41) is 7.16. The molecule has 28 heavy (non-hydrogen) atoms. The Morgan fingerprint density at radius 3 is 2.68 bits per heavy atom. The van der Waals surface area contributed by atoms with E-state index in [0.717, 1.165) is 15.3 Å². The minimum atomic E-state index is -0.238. The van der Waals surface area contributed by atoms with Crippen LogP contribution in [0.1, 0.15) is 49.0 Å². The van der Waals surface area contributed by atoms with Crippen LogP contribution in [-0.4, -0.2) is 29.0 Å². The first-order valence-electron chi connectivity index (χ1n) is 9.74. The van der Waals surface area contributed by atoms with E-state index >= 15 is 0 Å². The number of hydrogen-bond donors (Lipinski definition) is 2. The van der Waals surface area contributed by atoms with Crippen LogP contribution in [0.4, 0.5) is 5.13 Å². The largest absolute Gasteiger partial charge is 0.457 e. The molecular weight excluding hydrogens is 372 g/mol. The Labute approximate surface area is 168 Å². The minimum absolute atomic E-state index is 0.238. The van der Waals surface area contributed by atoms with Crippen LogP contribution in [0.2, 0.25) is 0 Å². The van der Waals surface area contributed by atoms with E-state index in [-0.39, 0.29) is 5.91 Å². The van der Waals surface area contributed by atoms with Crippen LogP contribution in [0.25, 0.3) is 10.2 Å². The number of anilines is 1. The Balaban J connectivity index is 1.49. The third-order valence-corrected chi connectivity index (χ3v) is 5.92. The average molecular weight is 397 g/mol. The fourth-order valence-corrected chi connectivity index (χ4v) is 4.46. The first-order valence-corrected chi connectivity index (χ1v) is 10.6. The average Bonchev–Trinajstić information content (AvgIpc) is 2.92. The van der Waals surface area contributed by atoms with Crippen molar-refractivity contribution < 1.29 is 9.53 Å². The van der Waals surface area contributed by atoms with Gasteiger partial charge in [-0.3, -0.25) is 9.78 Å². The second-order valence-electron chi connectivity index (χ2n) is 7.04. The van der Waals surface area contributed by atoms with Gasteiger partial charge in [-0.05, 0) is 31.0 Å². The Morgan fingerprint density at radius 1 is 1.11 bits per heavy atom. The number of carbonyl (C=O) groups excluding carboxylic acids is 1. The smallest absolute Gasteiger partial charge is 0.269 e. The molecule has 2 N–H and O–H groups in total. The number of ether oxygens (including phenoxy) is 1. The van der Waals surface area contributed by atoms with E-state index in [2.05, 4.69) is 15.6 Å². The SMILES string of the molecule is CNC(=O)c1cc(Oc2ccc3nc(NC4CCCCCC4)sc3c2)ccn1. The van der Waals surface area contributed by atoms with Crippen molar-refractivity contribution in [3.8, 4) is 11.5 Å². The van der Waals surface area contributed by atoms with Crippen LogP contribution in [0.15, 0.2) is 36.5 Å². The highest BCUT2D eigenvalue weighted by Crippen LogP contribution is 2.32. The predicted molar refractivity (Wildman–Crippen MR) is 112 cm³/mol. The standard InChI is InChI=1S/C21H24N4O2S/c1-22-20(26)18-12-16(10-11-23-18)27-15-8-9-17-19(13-15)28-21(25-17)24-14-6-4-2-3-5-7-14/h8-14H,2-7H2,1H3,(H,22,26)(H,24,25). The molecule has 1 aliphatic carbocycles. The summed E-state index contributed by atoms with van der Waals surface area (Å²) in [5.41, 5.74) is 1.29. The van der Waals surface area contributed by atoms with E-state index in [0.29, 0.717) is 23.2 Å². The summed E-state index contributed by atoms with van der Waals surface area (Å²) in [6.45, 7) is 0. The lowest BCUT2D eigenvalue weighted by Gasteiger charge is -2.14. The molecule has 2 aromatic heterocycles. The summed E-state index contributed by atoms with van der Waals surface area (Å²) >= 11 is 1.66. The Hall–Kier alpha value is -2.67. The van der Waals surface area contributed by atoms with Crippen LogP contribution in [0, 0.1) is 0 Å². The second kappa shape index (κ2) is 8.56. The van der Waals surface area contributed by atoms with Crippen molar-refractivity contribution in [2.75, 3.05) is 12.4 Å². The highest BCUT2D eigenvalue weighted by molar-refractivity contribution is 7.22. The molecule has 0 atom stereocenters. The fourth-order valence-electron chi connectivity index (χ4n) is 3.49. The van der Waals surface area contributed by atoms with E-state index in [1.54, 1.807) is 36.7 Å². The van der Waals surface area contributed by atoms with Crippen LogP contribution in [-0.2, 0) is 0 Å². The molecule has 0 bridgehead atoms. The van der Waals surface area contributed by atoms with Gasteiger partial charge < -0.3 is 15.4 Å². The summed E-state index contributed by atoms with van der Waals surface area (Å²) in [6, 6.07) is 9.76. The number of benzene rings is 1. The molecular formula is C21H24N4O2S. The van der Waals surface area contributed by atoms with E-state index in [4.69, 9.17) is 9.72 Å². The number of nitrogens with zero attached hydrogens (tertiary/aromatic N) is 2. The highest BCUT2D eigenvalue weighted by Gasteiger charge is 2.14. The molecule has 1 aromatic carbocycles. The monoisotopic (exact) mass is 396 g/mol. The summed E-state index contributed by atoms with van der Waals surface area (Å²) < 4.78 is 7.01. The number of nitrogens with one attached hydrogen (secondary N) is 2. The first-order chi connectivity index (χ1) is 13.7. The lowest BCUT2D eigenvalue weighted by Crippen LogP contribution is -2.18. The van der Waals surface area contributed by atoms with Crippen LogP contribution < -0.4 is 15.4 Å². The van der Waals surface area contributed by atoms with Gasteiger partial charge in [-0.15, -0.1) is 0 Å². The lowest BCUT2D eigenvalue weighted by molar-refractivity contribution is 0.0958. The van der Waals surface area contributed by atoms with Crippen molar-refractivity contribution in [2.24, 2.45) is 0 Å². The number of amides is 1. The van der Waals surface area contributed by atoms with E-state index in [9.17, 15) is 4.79 Å². The molecule has 1 aliphatic rings. The molecule has 0 aliphatic heterocycles. The molecule has 3 aromatic rings. The van der Waals surface area contributed by atoms with Crippen LogP contribution in [0.5, 0.6) is 11.5 Å². The normalized spacial score (nSPS) is 15.2. The molecule has 0 saturated heterocycles. The first kappa shape index (κ1) is 18.7. The van der Waals surface area contributed by atoms with E-state index < -0.39 is 0 Å². The Kier molecular flexibility index (Phi) is 5.71. The number of aromatic nitrogens is 2. The molecule has 0 spiro atoms. The van der Waals surface area contributed by atoms with Crippen LogP contribution >= 0.6 is 11.3 Å². The zero-order valence-electron chi connectivity index (χ0n) is 15.9. The van der Waals surface area contributed by atoms with Gasteiger partial charge in [0.1, 0.15) is 17.2 Å². The van der Waals surface area contributed by atoms with Crippen LogP contribution in [0.3, 0.4) is 0 Å². The van der Waals surface area contributed by atoms with Crippen molar-refractivity contribution in [3.63, 3.8) is 0 Å². The van der Waals surface area contributed by atoms with Gasteiger partial charge in [0, 0.05) is 31.4 Å². The summed E-state index contributed by atoms with van der Waals surface area (Å²) in [4.78, 5) is 20.5. The van der Waals surface area contributed by atoms with Gasteiger partial charge in [0.2, 0.25) is 0 Å². The van der Waals surface area contributed by atoms with Crippen molar-refractivity contribution in [1.29, 1.82) is 0 Å². The topological polar surface area (TPSA) is 76.1 Å². The molecule has 1 saturated carbocycles. The van der Waals surface area contributed by atoms with E-state index in [1.165, 1.54) is 38.5 Å². The van der Waals surface area contributed by atoms with Crippen molar-refractivity contribution in [2.45, 2.75) is 44.6 Å². The van der Waals surface area contributed by atoms with Crippen molar-refractivity contribution in [1.82, 2.24) is 15.3 Å². The number of rotatable bonds is 5. The van der Waals surface area contributed by atoms with Crippen molar-refractivity contribution >= 4 is 32.6 Å². The van der Waals surface area contributed by atoms with Gasteiger partial charge in [0.05, 0.1) is 10.2 Å². The van der Waals surface area contributed by atoms with Gasteiger partial charge in [-0.2, -0.15) is 0 Å². The maximum Gasteiger partial charge on any atom is 0.269 e. The van der Waals surface area contributed by atoms with Gasteiger partial charge >= 0.3 is 0 Å².